The van der Waals surface area contributed by atoms with Crippen LogP contribution in [0.25, 0.3) is 5.65 Å². The average Bonchev–Trinajstić information content (AvgIpc) is 2.88. The molecule has 3 rings (SSSR count). The second-order valence-corrected chi connectivity index (χ2v) is 5.31. The third-order valence-electron chi connectivity index (χ3n) is 2.98. The van der Waals surface area contributed by atoms with Crippen LogP contribution in [0, 0.1) is 0 Å². The molecule has 1 aromatic carbocycles. The molecule has 0 aliphatic rings. The Morgan fingerprint density at radius 1 is 1.24 bits per heavy atom. The molecular formula is C14H13BrN4O2. The van der Waals surface area contributed by atoms with Gasteiger partial charge in [-0.3, -0.25) is 4.40 Å². The van der Waals surface area contributed by atoms with E-state index >= 15 is 0 Å². The highest BCUT2D eigenvalue weighted by Gasteiger charge is 2.10. The number of fused-ring (bicyclic) bond motifs is 1. The van der Waals surface area contributed by atoms with Gasteiger partial charge in [-0.2, -0.15) is 0 Å². The molecule has 108 valence electrons. The zero-order valence-electron chi connectivity index (χ0n) is 11.3. The molecule has 2 aromatic heterocycles. The zero-order valence-corrected chi connectivity index (χ0v) is 12.9. The molecule has 0 saturated carbocycles. The summed E-state index contributed by atoms with van der Waals surface area (Å²) < 4.78 is 13.5. The van der Waals surface area contributed by atoms with E-state index in [0.29, 0.717) is 22.9 Å². The van der Waals surface area contributed by atoms with Gasteiger partial charge in [-0.15, -0.1) is 10.2 Å². The summed E-state index contributed by atoms with van der Waals surface area (Å²) in [6, 6.07) is 9.18. The van der Waals surface area contributed by atoms with Gasteiger partial charge in [0.2, 0.25) is 0 Å². The molecule has 0 unspecified atom stereocenters. The molecule has 6 nitrogen and oxygen atoms in total. The molecule has 0 saturated heterocycles. The molecule has 2 N–H and O–H groups in total. The van der Waals surface area contributed by atoms with Gasteiger partial charge < -0.3 is 15.2 Å². The predicted octanol–water partition coefficient (Wildman–Crippen LogP) is 2.66. The van der Waals surface area contributed by atoms with Gasteiger partial charge in [-0.25, -0.2) is 0 Å². The summed E-state index contributed by atoms with van der Waals surface area (Å²) in [6.07, 6.45) is 1.86. The number of benzene rings is 1. The topological polar surface area (TPSA) is 74.7 Å². The van der Waals surface area contributed by atoms with Crippen molar-refractivity contribution in [3.05, 3.63) is 46.8 Å². The summed E-state index contributed by atoms with van der Waals surface area (Å²) in [5, 5.41) is 8.18. The first-order chi connectivity index (χ1) is 10.2. The van der Waals surface area contributed by atoms with Crippen molar-refractivity contribution in [1.82, 2.24) is 14.6 Å². The van der Waals surface area contributed by atoms with E-state index in [1.807, 2.05) is 30.5 Å². The van der Waals surface area contributed by atoms with E-state index in [1.54, 1.807) is 17.6 Å². The molecule has 3 aromatic rings. The van der Waals surface area contributed by atoms with Gasteiger partial charge in [0.15, 0.2) is 11.5 Å². The van der Waals surface area contributed by atoms with E-state index in [2.05, 4.69) is 26.1 Å². The normalized spacial score (nSPS) is 10.8. The van der Waals surface area contributed by atoms with Crippen LogP contribution in [-0.2, 0) is 6.61 Å². The summed E-state index contributed by atoms with van der Waals surface area (Å²) in [7, 11) is 1.62. The van der Waals surface area contributed by atoms with Crippen molar-refractivity contribution in [3.63, 3.8) is 0 Å². The lowest BCUT2D eigenvalue weighted by atomic mass is 10.3. The van der Waals surface area contributed by atoms with E-state index < -0.39 is 0 Å². The Bertz CT molecular complexity index is 788. The minimum atomic E-state index is 0.282. The molecule has 0 fully saturated rings. The van der Waals surface area contributed by atoms with Crippen molar-refractivity contribution in [2.45, 2.75) is 6.61 Å². The van der Waals surface area contributed by atoms with Crippen LogP contribution in [-0.4, -0.2) is 21.7 Å². The van der Waals surface area contributed by atoms with Crippen molar-refractivity contribution in [1.29, 1.82) is 0 Å². The summed E-state index contributed by atoms with van der Waals surface area (Å²) in [6.45, 7) is 0.282. The SMILES string of the molecule is COc1cccc(OCc2nnc3c(N)cc(Br)cn23)c1. The van der Waals surface area contributed by atoms with Crippen LogP contribution in [0.2, 0.25) is 0 Å². The first kappa shape index (κ1) is 13.7. The van der Waals surface area contributed by atoms with Gasteiger partial charge >= 0.3 is 0 Å². The Labute approximate surface area is 129 Å². The van der Waals surface area contributed by atoms with Crippen LogP contribution in [0.5, 0.6) is 11.5 Å². The van der Waals surface area contributed by atoms with Crippen LogP contribution in [0.3, 0.4) is 0 Å². The highest BCUT2D eigenvalue weighted by molar-refractivity contribution is 9.10. The fraction of sp³-hybridized carbons (Fsp3) is 0.143. The Kier molecular flexibility index (Phi) is 3.66. The van der Waals surface area contributed by atoms with E-state index in [-0.39, 0.29) is 6.61 Å². The number of halogens is 1. The van der Waals surface area contributed by atoms with Gasteiger partial charge in [0.25, 0.3) is 0 Å². The molecule has 0 radical (unpaired) electrons. The maximum Gasteiger partial charge on any atom is 0.184 e. The monoisotopic (exact) mass is 348 g/mol. The number of rotatable bonds is 4. The molecule has 2 heterocycles. The predicted molar refractivity (Wildman–Crippen MR) is 82.4 cm³/mol. The summed E-state index contributed by atoms with van der Waals surface area (Å²) >= 11 is 3.40. The largest absolute Gasteiger partial charge is 0.497 e. The third kappa shape index (κ3) is 2.78. The number of nitrogen functional groups attached to an aromatic ring is 1. The number of nitrogens with zero attached hydrogens (tertiary/aromatic N) is 3. The first-order valence-corrected chi connectivity index (χ1v) is 7.02. The minimum absolute atomic E-state index is 0.282. The molecular weight excluding hydrogens is 336 g/mol. The summed E-state index contributed by atoms with van der Waals surface area (Å²) in [4.78, 5) is 0. The van der Waals surface area contributed by atoms with Crippen LogP contribution >= 0.6 is 15.9 Å². The highest BCUT2D eigenvalue weighted by atomic mass is 79.9. The lowest BCUT2D eigenvalue weighted by Gasteiger charge is -2.07. The zero-order chi connectivity index (χ0) is 14.8. The lowest BCUT2D eigenvalue weighted by Crippen LogP contribution is -2.02. The Morgan fingerprint density at radius 3 is 2.86 bits per heavy atom. The number of anilines is 1. The van der Waals surface area contributed by atoms with Crippen LogP contribution in [0.15, 0.2) is 41.0 Å². The van der Waals surface area contributed by atoms with Crippen molar-refractivity contribution in [3.8, 4) is 11.5 Å². The quantitative estimate of drug-likeness (QED) is 0.784. The molecule has 0 aliphatic carbocycles. The fourth-order valence-electron chi connectivity index (χ4n) is 1.97. The fourth-order valence-corrected chi connectivity index (χ4v) is 2.42. The van der Waals surface area contributed by atoms with E-state index in [4.69, 9.17) is 15.2 Å². The maximum atomic E-state index is 5.90. The molecule has 0 bridgehead atoms. The number of hydrogen-bond donors (Lipinski definition) is 1. The number of aromatic nitrogens is 3. The Balaban J connectivity index is 1.85. The van der Waals surface area contributed by atoms with Crippen molar-refractivity contribution in [2.75, 3.05) is 12.8 Å². The molecule has 0 spiro atoms. The average molecular weight is 349 g/mol. The second kappa shape index (κ2) is 5.61. The van der Waals surface area contributed by atoms with Crippen LogP contribution < -0.4 is 15.2 Å². The molecule has 21 heavy (non-hydrogen) atoms. The molecule has 0 aliphatic heterocycles. The van der Waals surface area contributed by atoms with E-state index in [9.17, 15) is 0 Å². The second-order valence-electron chi connectivity index (χ2n) is 4.39. The lowest BCUT2D eigenvalue weighted by molar-refractivity contribution is 0.292. The number of methoxy groups -OCH3 is 1. The summed E-state index contributed by atoms with van der Waals surface area (Å²) in [5.41, 5.74) is 7.08. The maximum absolute atomic E-state index is 5.90. The molecule has 0 atom stereocenters. The number of nitrogens with two attached hydrogens (primary N) is 1. The highest BCUT2D eigenvalue weighted by Crippen LogP contribution is 2.22. The van der Waals surface area contributed by atoms with Crippen LogP contribution in [0.1, 0.15) is 5.82 Å². The smallest absolute Gasteiger partial charge is 0.184 e. The van der Waals surface area contributed by atoms with Crippen molar-refractivity contribution < 1.29 is 9.47 Å². The number of ether oxygens (including phenoxy) is 2. The van der Waals surface area contributed by atoms with Gasteiger partial charge in [0, 0.05) is 16.7 Å². The third-order valence-corrected chi connectivity index (χ3v) is 3.41. The van der Waals surface area contributed by atoms with Gasteiger partial charge in [0.05, 0.1) is 12.8 Å². The Morgan fingerprint density at radius 2 is 2.05 bits per heavy atom. The van der Waals surface area contributed by atoms with Gasteiger partial charge in [-0.05, 0) is 34.1 Å². The van der Waals surface area contributed by atoms with Crippen molar-refractivity contribution in [2.24, 2.45) is 0 Å². The van der Waals surface area contributed by atoms with E-state index in [1.165, 1.54) is 0 Å². The number of hydrogen-bond acceptors (Lipinski definition) is 5. The van der Waals surface area contributed by atoms with E-state index in [0.717, 1.165) is 10.2 Å². The Hall–Kier alpha value is -2.28. The van der Waals surface area contributed by atoms with Crippen molar-refractivity contribution >= 4 is 27.3 Å². The summed E-state index contributed by atoms with van der Waals surface area (Å²) in [5.74, 6) is 2.11. The van der Waals surface area contributed by atoms with Crippen LogP contribution in [0.4, 0.5) is 5.69 Å². The molecule has 7 heteroatoms. The first-order valence-electron chi connectivity index (χ1n) is 6.23. The molecule has 0 amide bonds. The van der Waals surface area contributed by atoms with Gasteiger partial charge in [0.1, 0.15) is 18.1 Å². The minimum Gasteiger partial charge on any atom is -0.497 e. The standard InChI is InChI=1S/C14H13BrN4O2/c1-20-10-3-2-4-11(6-10)21-8-13-17-18-14-12(16)5-9(15)7-19(13)14/h2-7H,8,16H2,1H3. The van der Waals surface area contributed by atoms with Gasteiger partial charge in [-0.1, -0.05) is 6.07 Å². The number of pyridine rings is 1.